The minimum Gasteiger partial charge on any atom is -0.366 e. The first-order valence-corrected chi connectivity index (χ1v) is 6.79. The maximum atomic E-state index is 11.6. The van der Waals surface area contributed by atoms with E-state index in [2.05, 4.69) is 10.6 Å². The van der Waals surface area contributed by atoms with Gasteiger partial charge in [0.2, 0.25) is 5.91 Å². The molecule has 5 nitrogen and oxygen atoms in total. The summed E-state index contributed by atoms with van der Waals surface area (Å²) in [5.74, 6) is 0.102. The number of carbonyl (C=O) groups excluding carboxylic acids is 2. The number of nitrogens with two attached hydrogens (primary N) is 1. The third kappa shape index (κ3) is 4.12. The molecule has 0 radical (unpaired) electrons. The molecule has 1 aromatic carbocycles. The molecule has 1 aromatic rings. The molecule has 5 heteroatoms. The van der Waals surface area contributed by atoms with Gasteiger partial charge in [-0.05, 0) is 43.0 Å². The molecule has 3 amide bonds. The molecule has 106 valence electrons. The van der Waals surface area contributed by atoms with Gasteiger partial charge in [0.05, 0.1) is 0 Å². The summed E-state index contributed by atoms with van der Waals surface area (Å²) in [5.41, 5.74) is 6.17. The van der Waals surface area contributed by atoms with Crippen LogP contribution in [0, 0.1) is 5.92 Å². The van der Waals surface area contributed by atoms with Crippen LogP contribution >= 0.6 is 0 Å². The van der Waals surface area contributed by atoms with E-state index in [0.29, 0.717) is 17.2 Å². The first-order valence-electron chi connectivity index (χ1n) is 6.79. The monoisotopic (exact) mass is 273 g/mol. The van der Waals surface area contributed by atoms with Gasteiger partial charge in [-0.1, -0.05) is 18.9 Å². The number of hydrogen-bond acceptors (Lipinski definition) is 2. The lowest BCUT2D eigenvalue weighted by molar-refractivity contribution is 0.100. The van der Waals surface area contributed by atoms with Gasteiger partial charge in [-0.25, -0.2) is 4.79 Å². The minimum atomic E-state index is -0.486. The van der Waals surface area contributed by atoms with Crippen molar-refractivity contribution in [2.24, 2.45) is 11.7 Å². The van der Waals surface area contributed by atoms with E-state index < -0.39 is 5.91 Å². The van der Waals surface area contributed by atoms with Gasteiger partial charge in [0, 0.05) is 17.5 Å². The smallest absolute Gasteiger partial charge is 0.323 e. The summed E-state index contributed by atoms with van der Waals surface area (Å²) in [6.07, 6.45) is 8.69. The highest BCUT2D eigenvalue weighted by Crippen LogP contribution is 2.25. The number of benzene rings is 1. The summed E-state index contributed by atoms with van der Waals surface area (Å²) in [6.45, 7) is 0. The van der Waals surface area contributed by atoms with Crippen molar-refractivity contribution in [1.82, 2.24) is 5.32 Å². The van der Waals surface area contributed by atoms with Crippen LogP contribution in [-0.2, 0) is 0 Å². The molecule has 0 unspecified atom stereocenters. The maximum Gasteiger partial charge on any atom is 0.323 e. The predicted octanol–water partition coefficient (Wildman–Crippen LogP) is 2.61. The maximum absolute atomic E-state index is 11.6. The molecule has 0 atom stereocenters. The molecule has 0 spiro atoms. The molecule has 1 saturated carbocycles. The Morgan fingerprint density at radius 1 is 1.15 bits per heavy atom. The number of allylic oxidation sites excluding steroid dienone is 1. The second-order valence-electron chi connectivity index (χ2n) is 4.94. The lowest BCUT2D eigenvalue weighted by Gasteiger charge is -2.06. The molecule has 20 heavy (non-hydrogen) atoms. The highest BCUT2D eigenvalue weighted by Gasteiger charge is 2.11. The van der Waals surface area contributed by atoms with Crippen LogP contribution in [0.5, 0.6) is 0 Å². The van der Waals surface area contributed by atoms with Crippen molar-refractivity contribution >= 4 is 17.6 Å². The molecule has 4 N–H and O–H groups in total. The van der Waals surface area contributed by atoms with Gasteiger partial charge >= 0.3 is 6.03 Å². The summed E-state index contributed by atoms with van der Waals surface area (Å²) in [6, 6.07) is 6.13. The van der Waals surface area contributed by atoms with E-state index in [0.717, 1.165) is 0 Å². The molecular formula is C15H19N3O2. The number of nitrogens with one attached hydrogen (secondary N) is 2. The Labute approximate surface area is 118 Å². The lowest BCUT2D eigenvalue weighted by Crippen LogP contribution is -2.24. The average Bonchev–Trinajstić information content (AvgIpc) is 2.92. The number of hydrogen-bond donors (Lipinski definition) is 3. The standard InChI is InChI=1S/C15H19N3O2/c16-14(19)12-5-7-13(8-6-12)18-15(20)17-10-9-11-3-1-2-4-11/h5-11H,1-4H2,(H2,16,19)(H2,17,18,20)/b10-9+. The third-order valence-corrected chi connectivity index (χ3v) is 3.41. The van der Waals surface area contributed by atoms with Gasteiger partial charge < -0.3 is 16.4 Å². The average molecular weight is 273 g/mol. The Kier molecular flexibility index (Phi) is 4.76. The normalized spacial score (nSPS) is 15.4. The van der Waals surface area contributed by atoms with E-state index in [9.17, 15) is 9.59 Å². The van der Waals surface area contributed by atoms with E-state index in [1.54, 1.807) is 30.5 Å². The Morgan fingerprint density at radius 2 is 1.80 bits per heavy atom. The van der Waals surface area contributed by atoms with E-state index in [1.165, 1.54) is 25.7 Å². The molecule has 0 saturated heterocycles. The Bertz CT molecular complexity index is 502. The number of amides is 3. The van der Waals surface area contributed by atoms with Crippen molar-refractivity contribution in [2.75, 3.05) is 5.32 Å². The zero-order chi connectivity index (χ0) is 14.4. The third-order valence-electron chi connectivity index (χ3n) is 3.41. The van der Waals surface area contributed by atoms with Crippen LogP contribution in [0.2, 0.25) is 0 Å². The predicted molar refractivity (Wildman–Crippen MR) is 78.2 cm³/mol. The summed E-state index contributed by atoms with van der Waals surface area (Å²) in [4.78, 5) is 22.6. The fourth-order valence-corrected chi connectivity index (χ4v) is 2.29. The number of carbonyl (C=O) groups is 2. The Morgan fingerprint density at radius 3 is 2.40 bits per heavy atom. The van der Waals surface area contributed by atoms with E-state index >= 15 is 0 Å². The first-order chi connectivity index (χ1) is 9.65. The molecule has 0 heterocycles. The summed E-state index contributed by atoms with van der Waals surface area (Å²) >= 11 is 0. The molecule has 0 aromatic heterocycles. The quantitative estimate of drug-likeness (QED) is 0.787. The van der Waals surface area contributed by atoms with Crippen molar-refractivity contribution < 1.29 is 9.59 Å². The number of anilines is 1. The summed E-state index contributed by atoms with van der Waals surface area (Å²) in [5, 5.41) is 5.35. The number of primary amides is 1. The largest absolute Gasteiger partial charge is 0.366 e. The van der Waals surface area contributed by atoms with Crippen molar-refractivity contribution in [3.05, 3.63) is 42.1 Å². The van der Waals surface area contributed by atoms with E-state index in [-0.39, 0.29) is 6.03 Å². The number of rotatable bonds is 4. The van der Waals surface area contributed by atoms with Crippen LogP contribution in [-0.4, -0.2) is 11.9 Å². The fraction of sp³-hybridized carbons (Fsp3) is 0.333. The van der Waals surface area contributed by atoms with Crippen LogP contribution in [0.4, 0.5) is 10.5 Å². The molecule has 0 bridgehead atoms. The highest BCUT2D eigenvalue weighted by atomic mass is 16.2. The zero-order valence-corrected chi connectivity index (χ0v) is 11.3. The van der Waals surface area contributed by atoms with Gasteiger partial charge in [-0.15, -0.1) is 0 Å². The molecule has 2 rings (SSSR count). The van der Waals surface area contributed by atoms with Crippen LogP contribution in [0.1, 0.15) is 36.0 Å². The second kappa shape index (κ2) is 6.75. The molecule has 1 fully saturated rings. The van der Waals surface area contributed by atoms with Gasteiger partial charge in [0.15, 0.2) is 0 Å². The summed E-state index contributed by atoms with van der Waals surface area (Å²) in [7, 11) is 0. The highest BCUT2D eigenvalue weighted by molar-refractivity contribution is 5.94. The number of urea groups is 1. The minimum absolute atomic E-state index is 0.300. The van der Waals surface area contributed by atoms with Gasteiger partial charge in [0.25, 0.3) is 0 Å². The molecular weight excluding hydrogens is 254 g/mol. The van der Waals surface area contributed by atoms with Crippen LogP contribution in [0.15, 0.2) is 36.5 Å². The van der Waals surface area contributed by atoms with Crippen molar-refractivity contribution in [2.45, 2.75) is 25.7 Å². The fourth-order valence-electron chi connectivity index (χ4n) is 2.29. The van der Waals surface area contributed by atoms with E-state index in [1.807, 2.05) is 6.08 Å². The molecule has 0 aliphatic heterocycles. The Balaban J connectivity index is 1.80. The van der Waals surface area contributed by atoms with Crippen molar-refractivity contribution in [3.63, 3.8) is 0 Å². The van der Waals surface area contributed by atoms with Crippen molar-refractivity contribution in [1.29, 1.82) is 0 Å². The SMILES string of the molecule is NC(=O)c1ccc(NC(=O)N/C=C/C2CCCC2)cc1. The van der Waals surface area contributed by atoms with Crippen LogP contribution < -0.4 is 16.4 Å². The summed E-state index contributed by atoms with van der Waals surface area (Å²) < 4.78 is 0. The van der Waals surface area contributed by atoms with E-state index in [4.69, 9.17) is 5.73 Å². The van der Waals surface area contributed by atoms with Crippen LogP contribution in [0.3, 0.4) is 0 Å². The Hall–Kier alpha value is -2.30. The van der Waals surface area contributed by atoms with Gasteiger partial charge in [-0.2, -0.15) is 0 Å². The molecule has 1 aliphatic rings. The second-order valence-corrected chi connectivity index (χ2v) is 4.94. The van der Waals surface area contributed by atoms with Crippen molar-refractivity contribution in [3.8, 4) is 0 Å². The lowest BCUT2D eigenvalue weighted by atomic mass is 10.1. The van der Waals surface area contributed by atoms with Gasteiger partial charge in [0.1, 0.15) is 0 Å². The van der Waals surface area contributed by atoms with Crippen LogP contribution in [0.25, 0.3) is 0 Å². The topological polar surface area (TPSA) is 84.2 Å². The zero-order valence-electron chi connectivity index (χ0n) is 11.3. The van der Waals surface area contributed by atoms with Gasteiger partial charge in [-0.3, -0.25) is 4.79 Å². The molecule has 1 aliphatic carbocycles. The first kappa shape index (κ1) is 14.1.